The Kier molecular flexibility index (Phi) is 2.14. The fourth-order valence-corrected chi connectivity index (χ4v) is 1.88. The molecule has 1 aliphatic heterocycles. The Morgan fingerprint density at radius 3 is 2.73 bits per heavy atom. The predicted molar refractivity (Wildman–Crippen MR) is 42.5 cm³/mol. The number of rotatable bonds is 4. The van der Waals surface area contributed by atoms with Crippen LogP contribution in [0.1, 0.15) is 26.2 Å². The Bertz CT molecular complexity index is 126. The van der Waals surface area contributed by atoms with E-state index in [0.717, 1.165) is 25.6 Å². The van der Waals surface area contributed by atoms with Crippen molar-refractivity contribution in [3.8, 4) is 0 Å². The molecule has 0 amide bonds. The van der Waals surface area contributed by atoms with E-state index in [1.165, 1.54) is 12.8 Å². The second kappa shape index (κ2) is 3.11. The van der Waals surface area contributed by atoms with Gasteiger partial charge >= 0.3 is 0 Å². The van der Waals surface area contributed by atoms with Gasteiger partial charge < -0.3 is 9.47 Å². The first-order chi connectivity index (χ1) is 5.40. The molecule has 11 heavy (non-hydrogen) atoms. The Labute approximate surface area is 67.9 Å². The van der Waals surface area contributed by atoms with Crippen molar-refractivity contribution in [2.75, 3.05) is 13.2 Å². The summed E-state index contributed by atoms with van der Waals surface area (Å²) in [6.07, 6.45) is 4.86. The van der Waals surface area contributed by atoms with Gasteiger partial charge in [0.1, 0.15) is 0 Å². The number of fused-ring (bicyclic) bond motifs is 1. The van der Waals surface area contributed by atoms with Gasteiger partial charge in [-0.05, 0) is 25.2 Å². The van der Waals surface area contributed by atoms with E-state index in [1.807, 2.05) is 0 Å². The Morgan fingerprint density at radius 1 is 1.36 bits per heavy atom. The summed E-state index contributed by atoms with van der Waals surface area (Å²) >= 11 is 0. The van der Waals surface area contributed by atoms with Crippen LogP contribution in [0.25, 0.3) is 0 Å². The maximum absolute atomic E-state index is 5.48. The zero-order valence-electron chi connectivity index (χ0n) is 7.08. The van der Waals surface area contributed by atoms with Crippen molar-refractivity contribution in [3.05, 3.63) is 0 Å². The van der Waals surface area contributed by atoms with E-state index in [0.29, 0.717) is 12.2 Å². The van der Waals surface area contributed by atoms with Gasteiger partial charge in [0.25, 0.3) is 0 Å². The van der Waals surface area contributed by atoms with Gasteiger partial charge in [-0.2, -0.15) is 0 Å². The largest absolute Gasteiger partial charge is 0.381 e. The van der Waals surface area contributed by atoms with Gasteiger partial charge in [-0.25, -0.2) is 0 Å². The fraction of sp³-hybridized carbons (Fsp3) is 1.00. The monoisotopic (exact) mass is 156 g/mol. The van der Waals surface area contributed by atoms with Crippen molar-refractivity contribution < 1.29 is 9.47 Å². The Morgan fingerprint density at radius 2 is 2.09 bits per heavy atom. The molecule has 2 aliphatic rings. The van der Waals surface area contributed by atoms with Crippen molar-refractivity contribution in [3.63, 3.8) is 0 Å². The summed E-state index contributed by atoms with van der Waals surface area (Å²) in [5.41, 5.74) is 0. The molecule has 0 aromatic carbocycles. The highest BCUT2D eigenvalue weighted by atomic mass is 16.6. The summed E-state index contributed by atoms with van der Waals surface area (Å²) < 4.78 is 10.8. The topological polar surface area (TPSA) is 21.8 Å². The van der Waals surface area contributed by atoms with Gasteiger partial charge in [-0.15, -0.1) is 0 Å². The summed E-state index contributed by atoms with van der Waals surface area (Å²) in [4.78, 5) is 0. The summed E-state index contributed by atoms with van der Waals surface area (Å²) in [5, 5.41) is 0. The normalized spacial score (nSPS) is 35.7. The fourth-order valence-electron chi connectivity index (χ4n) is 1.88. The predicted octanol–water partition coefficient (Wildman–Crippen LogP) is 1.59. The molecule has 0 unspecified atom stereocenters. The number of hydrogen-bond acceptors (Lipinski definition) is 2. The average Bonchev–Trinajstić information content (AvgIpc) is 2.61. The van der Waals surface area contributed by atoms with E-state index in [1.54, 1.807) is 0 Å². The molecular weight excluding hydrogens is 140 g/mol. The molecule has 1 saturated carbocycles. The summed E-state index contributed by atoms with van der Waals surface area (Å²) in [5.74, 6) is 0.797. The second-order valence-corrected chi connectivity index (χ2v) is 3.63. The maximum Gasteiger partial charge on any atom is 0.0845 e. The first kappa shape index (κ1) is 7.56. The molecule has 64 valence electrons. The average molecular weight is 156 g/mol. The molecule has 2 nitrogen and oxygen atoms in total. The van der Waals surface area contributed by atoms with Crippen molar-refractivity contribution in [1.82, 2.24) is 0 Å². The molecule has 1 heterocycles. The van der Waals surface area contributed by atoms with Crippen LogP contribution in [0.4, 0.5) is 0 Å². The van der Waals surface area contributed by atoms with Gasteiger partial charge in [-0.1, -0.05) is 6.92 Å². The quantitative estimate of drug-likeness (QED) is 0.455. The van der Waals surface area contributed by atoms with E-state index in [9.17, 15) is 0 Å². The molecule has 2 heteroatoms. The van der Waals surface area contributed by atoms with Crippen LogP contribution < -0.4 is 0 Å². The van der Waals surface area contributed by atoms with Crippen LogP contribution in [0.2, 0.25) is 0 Å². The molecule has 2 fully saturated rings. The second-order valence-electron chi connectivity index (χ2n) is 3.63. The minimum Gasteiger partial charge on any atom is -0.381 e. The van der Waals surface area contributed by atoms with Crippen molar-refractivity contribution in [2.24, 2.45) is 5.92 Å². The van der Waals surface area contributed by atoms with Crippen LogP contribution in [0, 0.1) is 5.92 Å². The first-order valence-electron chi connectivity index (χ1n) is 4.63. The third kappa shape index (κ3) is 1.74. The number of ether oxygens (including phenoxy) is 2. The van der Waals surface area contributed by atoms with Gasteiger partial charge in [-0.3, -0.25) is 0 Å². The van der Waals surface area contributed by atoms with E-state index in [-0.39, 0.29) is 0 Å². The summed E-state index contributed by atoms with van der Waals surface area (Å²) in [6, 6.07) is 0. The van der Waals surface area contributed by atoms with Crippen LogP contribution >= 0.6 is 0 Å². The van der Waals surface area contributed by atoms with E-state index < -0.39 is 0 Å². The van der Waals surface area contributed by atoms with Crippen LogP contribution in [0.15, 0.2) is 0 Å². The lowest BCUT2D eigenvalue weighted by Crippen LogP contribution is -2.09. The molecule has 2 atom stereocenters. The van der Waals surface area contributed by atoms with Gasteiger partial charge in [0.15, 0.2) is 0 Å². The third-order valence-corrected chi connectivity index (χ3v) is 2.52. The molecule has 0 aromatic rings. The lowest BCUT2D eigenvalue weighted by molar-refractivity contribution is 0.0869. The Hall–Kier alpha value is -0.0800. The molecule has 0 aromatic heterocycles. The van der Waals surface area contributed by atoms with Crippen LogP contribution in [0.5, 0.6) is 0 Å². The summed E-state index contributed by atoms with van der Waals surface area (Å²) in [6.45, 7) is 4.03. The smallest absolute Gasteiger partial charge is 0.0845 e. The van der Waals surface area contributed by atoms with Gasteiger partial charge in [0, 0.05) is 13.2 Å². The molecule has 1 saturated heterocycles. The van der Waals surface area contributed by atoms with Crippen molar-refractivity contribution >= 4 is 0 Å². The number of hydrogen-bond donors (Lipinski definition) is 0. The Balaban J connectivity index is 1.57. The van der Waals surface area contributed by atoms with Crippen molar-refractivity contribution in [1.29, 1.82) is 0 Å². The molecule has 0 radical (unpaired) electrons. The molecule has 1 aliphatic carbocycles. The highest BCUT2D eigenvalue weighted by Crippen LogP contribution is 2.42. The first-order valence-corrected chi connectivity index (χ1v) is 4.63. The zero-order valence-corrected chi connectivity index (χ0v) is 7.08. The van der Waals surface area contributed by atoms with Gasteiger partial charge in [0.2, 0.25) is 0 Å². The van der Waals surface area contributed by atoms with E-state index >= 15 is 0 Å². The minimum absolute atomic E-state index is 0.616. The lowest BCUT2D eigenvalue weighted by Gasteiger charge is -2.10. The third-order valence-electron chi connectivity index (χ3n) is 2.52. The summed E-state index contributed by atoms with van der Waals surface area (Å²) in [7, 11) is 0. The molecular formula is C9H16O2. The highest BCUT2D eigenvalue weighted by molar-refractivity contribution is 4.95. The molecule has 0 N–H and O–H groups in total. The number of epoxide rings is 1. The highest BCUT2D eigenvalue weighted by Gasteiger charge is 2.47. The van der Waals surface area contributed by atoms with Crippen LogP contribution in [-0.4, -0.2) is 25.4 Å². The standard InChI is InChI=1S/C9H16O2/c1-2-3-10-6-7-4-8-9(5-7)11-8/h7-9H,2-6H2,1H3/t8-,9-/m0/s1. The van der Waals surface area contributed by atoms with E-state index in [4.69, 9.17) is 9.47 Å². The maximum atomic E-state index is 5.48. The van der Waals surface area contributed by atoms with Crippen LogP contribution in [-0.2, 0) is 9.47 Å². The van der Waals surface area contributed by atoms with Crippen molar-refractivity contribution in [2.45, 2.75) is 38.4 Å². The van der Waals surface area contributed by atoms with Gasteiger partial charge in [0.05, 0.1) is 12.2 Å². The van der Waals surface area contributed by atoms with Crippen LogP contribution in [0.3, 0.4) is 0 Å². The van der Waals surface area contributed by atoms with E-state index in [2.05, 4.69) is 6.92 Å². The lowest BCUT2D eigenvalue weighted by atomic mass is 10.1. The molecule has 2 rings (SSSR count). The minimum atomic E-state index is 0.616. The SMILES string of the molecule is CCCOCC1C[C@@H]2O[C@H]2C1. The zero-order chi connectivity index (χ0) is 7.68. The molecule has 0 bridgehead atoms. The molecule has 0 spiro atoms.